The van der Waals surface area contributed by atoms with Gasteiger partial charge in [0, 0.05) is 32.0 Å². The standard InChI is InChI=1S/C20H31N5O/c1-4-21-20(23-11-13-26-16-18-8-6-5-7-9-18)24-14-19-22-10-12-25(19)15-17(2)3/h5-10,12,17H,4,11,13-16H2,1-3H3,(H2,21,23,24). The maximum absolute atomic E-state index is 5.70. The lowest BCUT2D eigenvalue weighted by molar-refractivity contribution is 0.125. The van der Waals surface area contributed by atoms with Crippen LogP contribution in [0.2, 0.25) is 0 Å². The molecule has 2 N–H and O–H groups in total. The van der Waals surface area contributed by atoms with Crippen molar-refractivity contribution in [3.05, 3.63) is 54.1 Å². The zero-order chi connectivity index (χ0) is 18.6. The molecule has 0 unspecified atom stereocenters. The molecule has 0 atom stereocenters. The van der Waals surface area contributed by atoms with Gasteiger partial charge in [-0.25, -0.2) is 9.98 Å². The average Bonchev–Trinajstić information content (AvgIpc) is 3.06. The van der Waals surface area contributed by atoms with Crippen LogP contribution in [0.1, 0.15) is 32.2 Å². The highest BCUT2D eigenvalue weighted by molar-refractivity contribution is 5.79. The van der Waals surface area contributed by atoms with Crippen molar-refractivity contribution in [3.63, 3.8) is 0 Å². The van der Waals surface area contributed by atoms with Gasteiger partial charge < -0.3 is 19.9 Å². The number of rotatable bonds is 10. The van der Waals surface area contributed by atoms with E-state index in [1.165, 1.54) is 5.56 Å². The summed E-state index contributed by atoms with van der Waals surface area (Å²) in [5.41, 5.74) is 1.19. The quantitative estimate of drug-likeness (QED) is 0.390. The van der Waals surface area contributed by atoms with Crippen molar-refractivity contribution in [1.82, 2.24) is 20.2 Å². The van der Waals surface area contributed by atoms with Crippen LogP contribution in [0, 0.1) is 5.92 Å². The number of ether oxygens (including phenoxy) is 1. The van der Waals surface area contributed by atoms with Gasteiger partial charge in [-0.15, -0.1) is 0 Å². The molecule has 0 aliphatic rings. The van der Waals surface area contributed by atoms with Gasteiger partial charge in [0.2, 0.25) is 0 Å². The van der Waals surface area contributed by atoms with E-state index in [2.05, 4.69) is 58.1 Å². The minimum atomic E-state index is 0.555. The summed E-state index contributed by atoms with van der Waals surface area (Å²) in [6.07, 6.45) is 3.85. The average molecular weight is 358 g/mol. The maximum Gasteiger partial charge on any atom is 0.191 e. The number of nitrogens with one attached hydrogen (secondary N) is 2. The van der Waals surface area contributed by atoms with E-state index in [-0.39, 0.29) is 0 Å². The fourth-order valence-corrected chi connectivity index (χ4v) is 2.55. The molecule has 1 aromatic heterocycles. The lowest BCUT2D eigenvalue weighted by Gasteiger charge is -2.12. The van der Waals surface area contributed by atoms with Gasteiger partial charge in [-0.3, -0.25) is 0 Å². The minimum Gasteiger partial charge on any atom is -0.375 e. The summed E-state index contributed by atoms with van der Waals surface area (Å²) in [6.45, 7) is 10.8. The fourth-order valence-electron chi connectivity index (χ4n) is 2.55. The van der Waals surface area contributed by atoms with Crippen molar-refractivity contribution < 1.29 is 4.74 Å². The molecule has 0 saturated carbocycles. The molecule has 0 amide bonds. The van der Waals surface area contributed by atoms with Crippen LogP contribution in [0.5, 0.6) is 0 Å². The molecule has 0 saturated heterocycles. The van der Waals surface area contributed by atoms with Crippen LogP contribution in [-0.4, -0.2) is 35.2 Å². The van der Waals surface area contributed by atoms with E-state index in [0.29, 0.717) is 32.2 Å². The van der Waals surface area contributed by atoms with Gasteiger partial charge in [-0.1, -0.05) is 44.2 Å². The summed E-state index contributed by atoms with van der Waals surface area (Å²) in [4.78, 5) is 9.06. The first-order valence-electron chi connectivity index (χ1n) is 9.33. The van der Waals surface area contributed by atoms with E-state index < -0.39 is 0 Å². The second-order valence-corrected chi connectivity index (χ2v) is 6.55. The lowest BCUT2D eigenvalue weighted by Crippen LogP contribution is -2.39. The number of aromatic nitrogens is 2. The van der Waals surface area contributed by atoms with Crippen molar-refractivity contribution in [2.45, 2.75) is 40.5 Å². The van der Waals surface area contributed by atoms with Crippen molar-refractivity contribution in [2.75, 3.05) is 19.7 Å². The zero-order valence-electron chi connectivity index (χ0n) is 16.1. The lowest BCUT2D eigenvalue weighted by atomic mass is 10.2. The second kappa shape index (κ2) is 11.3. The Morgan fingerprint density at radius 3 is 2.77 bits per heavy atom. The number of guanidine groups is 1. The molecule has 6 heteroatoms. The van der Waals surface area contributed by atoms with Crippen LogP contribution in [0.4, 0.5) is 0 Å². The summed E-state index contributed by atoms with van der Waals surface area (Å²) in [5, 5.41) is 6.57. The van der Waals surface area contributed by atoms with Crippen LogP contribution in [0.3, 0.4) is 0 Å². The number of imidazole rings is 1. The molecule has 2 rings (SSSR count). The van der Waals surface area contributed by atoms with Crippen molar-refractivity contribution in [1.29, 1.82) is 0 Å². The number of hydrogen-bond donors (Lipinski definition) is 2. The smallest absolute Gasteiger partial charge is 0.191 e. The summed E-state index contributed by atoms with van der Waals surface area (Å²) >= 11 is 0. The Labute approximate surface area is 156 Å². The van der Waals surface area contributed by atoms with E-state index in [9.17, 15) is 0 Å². The van der Waals surface area contributed by atoms with Crippen molar-refractivity contribution in [3.8, 4) is 0 Å². The summed E-state index contributed by atoms with van der Waals surface area (Å²) in [6, 6.07) is 10.2. The highest BCUT2D eigenvalue weighted by Crippen LogP contribution is 2.05. The fraction of sp³-hybridized carbons (Fsp3) is 0.500. The Balaban J connectivity index is 1.76. The molecule has 0 aliphatic carbocycles. The van der Waals surface area contributed by atoms with Crippen LogP contribution in [0.25, 0.3) is 0 Å². The molecule has 0 radical (unpaired) electrons. The van der Waals surface area contributed by atoms with Crippen LogP contribution >= 0.6 is 0 Å². The molecule has 26 heavy (non-hydrogen) atoms. The van der Waals surface area contributed by atoms with Gasteiger partial charge in [0.05, 0.1) is 13.2 Å². The number of benzene rings is 1. The van der Waals surface area contributed by atoms with Crippen LogP contribution in [0.15, 0.2) is 47.7 Å². The predicted molar refractivity (Wildman–Crippen MR) is 106 cm³/mol. The Bertz CT molecular complexity index is 651. The highest BCUT2D eigenvalue weighted by Gasteiger charge is 2.05. The first kappa shape index (κ1) is 20.0. The second-order valence-electron chi connectivity index (χ2n) is 6.55. The molecule has 0 spiro atoms. The number of hydrogen-bond acceptors (Lipinski definition) is 3. The molecule has 1 heterocycles. The van der Waals surface area contributed by atoms with Crippen LogP contribution < -0.4 is 10.6 Å². The molecule has 0 bridgehead atoms. The first-order valence-corrected chi connectivity index (χ1v) is 9.33. The zero-order valence-corrected chi connectivity index (χ0v) is 16.1. The Hall–Kier alpha value is -2.34. The van der Waals surface area contributed by atoms with Crippen LogP contribution in [-0.2, 0) is 24.4 Å². The van der Waals surface area contributed by atoms with E-state index in [1.54, 1.807) is 0 Å². The van der Waals surface area contributed by atoms with E-state index in [4.69, 9.17) is 4.74 Å². The molecule has 1 aromatic carbocycles. The third kappa shape index (κ3) is 7.27. The van der Waals surface area contributed by atoms with Gasteiger partial charge in [0.25, 0.3) is 0 Å². The molecule has 142 valence electrons. The predicted octanol–water partition coefficient (Wildman–Crippen LogP) is 2.81. The van der Waals surface area contributed by atoms with Gasteiger partial charge in [0.15, 0.2) is 5.96 Å². The molecular formula is C20H31N5O. The highest BCUT2D eigenvalue weighted by atomic mass is 16.5. The largest absolute Gasteiger partial charge is 0.375 e. The number of nitrogens with zero attached hydrogens (tertiary/aromatic N) is 3. The Morgan fingerprint density at radius 1 is 1.23 bits per heavy atom. The third-order valence-corrected chi connectivity index (χ3v) is 3.74. The van der Waals surface area contributed by atoms with E-state index in [0.717, 1.165) is 24.9 Å². The Kier molecular flexibility index (Phi) is 8.69. The minimum absolute atomic E-state index is 0.555. The van der Waals surface area contributed by atoms with Gasteiger partial charge in [-0.2, -0.15) is 0 Å². The van der Waals surface area contributed by atoms with Crippen molar-refractivity contribution >= 4 is 5.96 Å². The normalized spacial score (nSPS) is 11.8. The third-order valence-electron chi connectivity index (χ3n) is 3.74. The monoisotopic (exact) mass is 357 g/mol. The molecule has 2 aromatic rings. The number of aliphatic imine (C=N–C) groups is 1. The molecular weight excluding hydrogens is 326 g/mol. The molecule has 0 aliphatic heterocycles. The van der Waals surface area contributed by atoms with Crippen molar-refractivity contribution in [2.24, 2.45) is 10.9 Å². The summed E-state index contributed by atoms with van der Waals surface area (Å²) in [7, 11) is 0. The maximum atomic E-state index is 5.70. The molecule has 0 fully saturated rings. The first-order chi connectivity index (χ1) is 12.7. The van der Waals surface area contributed by atoms with E-state index >= 15 is 0 Å². The van der Waals surface area contributed by atoms with E-state index in [1.807, 2.05) is 30.6 Å². The summed E-state index contributed by atoms with van der Waals surface area (Å²) < 4.78 is 7.87. The summed E-state index contributed by atoms with van der Waals surface area (Å²) in [5.74, 6) is 2.35. The van der Waals surface area contributed by atoms with Gasteiger partial charge in [-0.05, 0) is 18.4 Å². The van der Waals surface area contributed by atoms with Gasteiger partial charge in [0.1, 0.15) is 12.4 Å². The Morgan fingerprint density at radius 2 is 2.04 bits per heavy atom. The SMILES string of the molecule is CCNC(=NCc1nccn1CC(C)C)NCCOCc1ccccc1. The topological polar surface area (TPSA) is 63.5 Å². The molecule has 6 nitrogen and oxygen atoms in total. The van der Waals surface area contributed by atoms with Gasteiger partial charge >= 0.3 is 0 Å².